The lowest BCUT2D eigenvalue weighted by atomic mass is 10.1. The lowest BCUT2D eigenvalue weighted by Gasteiger charge is -2.34. The Morgan fingerprint density at radius 1 is 0.865 bits per heavy atom. The number of piperazine rings is 1. The minimum absolute atomic E-state index is 0.117. The molecule has 3 aromatic rings. The summed E-state index contributed by atoms with van der Waals surface area (Å²) >= 11 is 0. The lowest BCUT2D eigenvalue weighted by Crippen LogP contribution is -2.52. The van der Waals surface area contributed by atoms with Crippen molar-refractivity contribution in [2.75, 3.05) is 31.5 Å². The fourth-order valence-corrected chi connectivity index (χ4v) is 3.90. The monoisotopic (exact) mass is 500 g/mol. The zero-order valence-corrected chi connectivity index (χ0v) is 19.7. The number of carbonyl (C=O) groups is 5. The molecule has 0 bridgehead atoms. The molecule has 1 fully saturated rings. The van der Waals surface area contributed by atoms with Crippen LogP contribution < -0.4 is 5.32 Å². The molecule has 2 heterocycles. The zero-order valence-electron chi connectivity index (χ0n) is 19.7. The molecule has 188 valence electrons. The van der Waals surface area contributed by atoms with Crippen molar-refractivity contribution in [1.82, 2.24) is 14.8 Å². The number of anilines is 1. The Labute approximate surface area is 212 Å². The second kappa shape index (κ2) is 12.0. The normalized spacial score (nSPS) is 13.0. The van der Waals surface area contributed by atoms with Crippen LogP contribution in [-0.2, 0) is 14.4 Å². The van der Waals surface area contributed by atoms with Crippen molar-refractivity contribution in [1.29, 1.82) is 0 Å². The number of H-pyrrole nitrogens is 1. The van der Waals surface area contributed by atoms with Gasteiger partial charge in [-0.2, -0.15) is 0 Å². The number of hydrogen-bond donors (Lipinski definition) is 3. The van der Waals surface area contributed by atoms with Crippen molar-refractivity contribution < 1.29 is 29.1 Å². The van der Waals surface area contributed by atoms with Crippen LogP contribution in [0, 0.1) is 12.8 Å². The average Bonchev–Trinajstić information content (AvgIpc) is 3.37. The van der Waals surface area contributed by atoms with E-state index in [0.717, 1.165) is 6.08 Å². The summed E-state index contributed by atoms with van der Waals surface area (Å²) in [5, 5.41) is 11.6. The number of aromatic amines is 1. The van der Waals surface area contributed by atoms with E-state index in [2.05, 4.69) is 23.1 Å². The van der Waals surface area contributed by atoms with Crippen molar-refractivity contribution >= 4 is 46.1 Å². The molecular weight excluding hydrogens is 476 g/mol. The third-order valence-electron chi connectivity index (χ3n) is 5.66. The fourth-order valence-electron chi connectivity index (χ4n) is 3.90. The highest BCUT2D eigenvalue weighted by Crippen LogP contribution is 2.26. The number of rotatable bonds is 6. The molecule has 10 nitrogen and oxygen atoms in total. The highest BCUT2D eigenvalue weighted by Gasteiger charge is 2.30. The maximum absolute atomic E-state index is 13.0. The first-order valence-electron chi connectivity index (χ1n) is 11.2. The molecule has 1 saturated heterocycles. The van der Waals surface area contributed by atoms with E-state index < -0.39 is 23.6 Å². The number of amides is 3. The van der Waals surface area contributed by atoms with Crippen LogP contribution in [0.1, 0.15) is 20.7 Å². The van der Waals surface area contributed by atoms with Crippen molar-refractivity contribution in [2.24, 2.45) is 0 Å². The van der Waals surface area contributed by atoms with Gasteiger partial charge in [-0.25, -0.2) is 4.79 Å². The summed E-state index contributed by atoms with van der Waals surface area (Å²) in [4.78, 5) is 67.1. The van der Waals surface area contributed by atoms with Gasteiger partial charge in [0.05, 0.1) is 16.8 Å². The number of aromatic nitrogens is 1. The Kier molecular flexibility index (Phi) is 8.57. The molecule has 0 radical (unpaired) electrons. The molecular formula is C27H24N4O6. The van der Waals surface area contributed by atoms with Gasteiger partial charge in [0.1, 0.15) is 0 Å². The Morgan fingerprint density at radius 2 is 1.51 bits per heavy atom. The van der Waals surface area contributed by atoms with E-state index in [1.165, 1.54) is 11.1 Å². The number of benzene rings is 2. The summed E-state index contributed by atoms with van der Waals surface area (Å²) in [6.45, 7) is 1.12. The van der Waals surface area contributed by atoms with Gasteiger partial charge in [-0.1, -0.05) is 30.3 Å². The molecule has 3 N–H and O–H groups in total. The van der Waals surface area contributed by atoms with Crippen molar-refractivity contribution in [3.63, 3.8) is 0 Å². The molecule has 0 spiro atoms. The number of para-hydroxylation sites is 1. The predicted octanol–water partition coefficient (Wildman–Crippen LogP) is 2.16. The molecule has 0 aliphatic carbocycles. The summed E-state index contributed by atoms with van der Waals surface area (Å²) < 4.78 is 0. The number of hydrogen-bond acceptors (Lipinski definition) is 5. The van der Waals surface area contributed by atoms with Gasteiger partial charge in [0, 0.05) is 55.5 Å². The maximum Gasteiger partial charge on any atom is 0.328 e. The van der Waals surface area contributed by atoms with Gasteiger partial charge >= 0.3 is 5.97 Å². The lowest BCUT2D eigenvalue weighted by molar-refractivity contribution is -0.131. The topological polar surface area (TPSA) is 140 Å². The van der Waals surface area contributed by atoms with Gasteiger partial charge in [0.15, 0.2) is 0 Å². The van der Waals surface area contributed by atoms with E-state index >= 15 is 0 Å². The first-order valence-corrected chi connectivity index (χ1v) is 11.2. The number of nitrogens with zero attached hydrogens (tertiary/aromatic N) is 2. The van der Waals surface area contributed by atoms with Crippen LogP contribution in [0.15, 0.2) is 66.9 Å². The standard InChI is InChI=1S/C25H22N4O6.C2H2/c30-20(9-10-21(31)32)27-19-8-4-7-17-18(15-26-22(17)19)23(33)25(35)29-13-11-28(12-14-29)24(34)16-5-2-1-3-6-16;1-2/h1-10,15,26H,11-14H2,(H,27,30)(H,31,32);1-2H/b10-9+;. The number of terminal acetylenes is 1. The number of aliphatic carboxylic acids is 1. The molecule has 2 aromatic carbocycles. The number of carboxylic acid groups (broad SMARTS) is 1. The number of carboxylic acids is 1. The quantitative estimate of drug-likeness (QED) is 0.205. The minimum atomic E-state index is -1.25. The largest absolute Gasteiger partial charge is 0.478 e. The highest BCUT2D eigenvalue weighted by atomic mass is 16.4. The van der Waals surface area contributed by atoms with Crippen LogP contribution in [0.25, 0.3) is 10.9 Å². The van der Waals surface area contributed by atoms with Crippen LogP contribution >= 0.6 is 0 Å². The molecule has 1 aliphatic rings. The first-order chi connectivity index (χ1) is 17.8. The number of carbonyl (C=O) groups excluding carboxylic acids is 4. The average molecular weight is 501 g/mol. The van der Waals surface area contributed by atoms with Crippen LogP contribution in [0.5, 0.6) is 0 Å². The number of ketones is 1. The summed E-state index contributed by atoms with van der Waals surface area (Å²) in [6, 6.07) is 13.7. The molecule has 0 atom stereocenters. The van der Waals surface area contributed by atoms with Crippen LogP contribution in [0.2, 0.25) is 0 Å². The van der Waals surface area contributed by atoms with Gasteiger partial charge in [0.2, 0.25) is 5.91 Å². The van der Waals surface area contributed by atoms with Gasteiger partial charge in [0.25, 0.3) is 17.6 Å². The van der Waals surface area contributed by atoms with Crippen molar-refractivity contribution in [3.8, 4) is 12.8 Å². The van der Waals surface area contributed by atoms with Crippen molar-refractivity contribution in [2.45, 2.75) is 0 Å². The first kappa shape index (κ1) is 26.4. The van der Waals surface area contributed by atoms with E-state index in [4.69, 9.17) is 5.11 Å². The second-order valence-corrected chi connectivity index (χ2v) is 7.87. The summed E-state index contributed by atoms with van der Waals surface area (Å²) in [7, 11) is 0. The Morgan fingerprint density at radius 3 is 2.16 bits per heavy atom. The predicted molar refractivity (Wildman–Crippen MR) is 137 cm³/mol. The van der Waals surface area contributed by atoms with E-state index in [0.29, 0.717) is 41.3 Å². The van der Waals surface area contributed by atoms with Gasteiger partial charge in [-0.15, -0.1) is 12.8 Å². The molecule has 4 rings (SSSR count). The summed E-state index contributed by atoms with van der Waals surface area (Å²) in [6.07, 6.45) is 11.0. The van der Waals surface area contributed by atoms with E-state index in [1.807, 2.05) is 6.07 Å². The van der Waals surface area contributed by atoms with Gasteiger partial charge in [-0.05, 0) is 18.2 Å². The third-order valence-corrected chi connectivity index (χ3v) is 5.66. The van der Waals surface area contributed by atoms with Gasteiger partial charge in [-0.3, -0.25) is 19.2 Å². The number of nitrogens with one attached hydrogen (secondary N) is 2. The third kappa shape index (κ3) is 6.10. The SMILES string of the molecule is C#C.O=C(O)/C=C/C(=O)Nc1cccc2c(C(=O)C(=O)N3CCN(C(=O)c4ccccc4)CC3)c[nH]c12. The van der Waals surface area contributed by atoms with Crippen molar-refractivity contribution in [3.05, 3.63) is 78.0 Å². The molecule has 1 aliphatic heterocycles. The number of Topliss-reactive ketones (excluding diaryl/α,β-unsaturated/α-hetero) is 1. The zero-order chi connectivity index (χ0) is 26.9. The molecule has 37 heavy (non-hydrogen) atoms. The summed E-state index contributed by atoms with van der Waals surface area (Å²) in [5.41, 5.74) is 1.49. The van der Waals surface area contributed by atoms with Crippen LogP contribution in [0.4, 0.5) is 5.69 Å². The molecule has 3 amide bonds. The Balaban J connectivity index is 0.00000186. The smallest absolute Gasteiger partial charge is 0.328 e. The molecule has 10 heteroatoms. The fraction of sp³-hybridized carbons (Fsp3) is 0.148. The van der Waals surface area contributed by atoms with Crippen LogP contribution in [0.3, 0.4) is 0 Å². The summed E-state index contributed by atoms with van der Waals surface area (Å²) in [5.74, 6) is -3.39. The van der Waals surface area contributed by atoms with Gasteiger partial charge < -0.3 is 25.2 Å². The molecule has 0 unspecified atom stereocenters. The van der Waals surface area contributed by atoms with E-state index in [9.17, 15) is 24.0 Å². The highest BCUT2D eigenvalue weighted by molar-refractivity contribution is 6.45. The Hall–Kier alpha value is -5.17. The van der Waals surface area contributed by atoms with Crippen LogP contribution in [-0.4, -0.2) is 75.5 Å². The maximum atomic E-state index is 13.0. The number of fused-ring (bicyclic) bond motifs is 1. The van der Waals surface area contributed by atoms with E-state index in [1.54, 1.807) is 47.4 Å². The molecule has 1 aromatic heterocycles. The van der Waals surface area contributed by atoms with E-state index in [-0.39, 0.29) is 24.6 Å². The molecule has 0 saturated carbocycles. The minimum Gasteiger partial charge on any atom is -0.478 e. The Bertz CT molecular complexity index is 1380. The second-order valence-electron chi connectivity index (χ2n) is 7.87.